The first-order valence-corrected chi connectivity index (χ1v) is 14.0. The van der Waals surface area contributed by atoms with Gasteiger partial charge in [0.1, 0.15) is 5.60 Å². The smallest absolute Gasteiger partial charge is 0.407 e. The van der Waals surface area contributed by atoms with Gasteiger partial charge in [-0.15, -0.1) is 0 Å². The molecule has 1 fully saturated rings. The average Bonchev–Trinajstić information content (AvgIpc) is 3.11. The van der Waals surface area contributed by atoms with E-state index in [2.05, 4.69) is 15.1 Å². The van der Waals surface area contributed by atoms with E-state index in [1.807, 2.05) is 20.8 Å². The summed E-state index contributed by atoms with van der Waals surface area (Å²) in [6, 6.07) is 3.31. The number of aliphatic hydroxyl groups excluding tert-OH is 1. The largest absolute Gasteiger partial charge is 0.493 e. The van der Waals surface area contributed by atoms with Crippen LogP contribution in [-0.2, 0) is 4.74 Å². The van der Waals surface area contributed by atoms with Crippen molar-refractivity contribution in [2.24, 2.45) is 0 Å². The Morgan fingerprint density at radius 3 is 2.26 bits per heavy atom. The Bertz CT molecular complexity index is 904. The number of alkyl carbamates (subject to hydrolysis) is 1. The predicted molar refractivity (Wildman–Crippen MR) is 151 cm³/mol. The molecule has 0 saturated carbocycles. The first-order valence-electron chi connectivity index (χ1n) is 14.0. The second-order valence-corrected chi connectivity index (χ2v) is 11.0. The minimum Gasteiger partial charge on any atom is -0.493 e. The van der Waals surface area contributed by atoms with Crippen molar-refractivity contribution < 1.29 is 33.6 Å². The number of ketones is 1. The Morgan fingerprint density at radius 1 is 0.974 bits per heavy atom. The summed E-state index contributed by atoms with van der Waals surface area (Å²) >= 11 is 0. The number of nitrogens with one attached hydrogen (secondary N) is 1. The number of aliphatic hydroxyl groups is 1. The van der Waals surface area contributed by atoms with E-state index in [9.17, 15) is 14.7 Å². The molecule has 1 aromatic rings. The zero-order valence-electron chi connectivity index (χ0n) is 24.7. The quantitative estimate of drug-likeness (QED) is 0.249. The van der Waals surface area contributed by atoms with Gasteiger partial charge in [0, 0.05) is 31.7 Å². The van der Waals surface area contributed by atoms with E-state index in [0.29, 0.717) is 48.8 Å². The highest BCUT2D eigenvalue weighted by Crippen LogP contribution is 2.38. The van der Waals surface area contributed by atoms with Crippen LogP contribution in [0.25, 0.3) is 0 Å². The molecule has 1 saturated heterocycles. The molecule has 0 spiro atoms. The number of nitrogens with zero attached hydrogens (tertiary/aromatic N) is 2. The van der Waals surface area contributed by atoms with Gasteiger partial charge in [-0.2, -0.15) is 0 Å². The summed E-state index contributed by atoms with van der Waals surface area (Å²) in [7, 11) is 3.06. The SMILES string of the molecule is COc1cc(C(C)=O)cc(OCCC[C@@H](O)CCN2CCCN(CCCNC(=O)OC(C)(C)C)CC2)c1OC. The molecular formula is C29H49N3O7. The number of rotatable bonds is 15. The topological polar surface area (TPSA) is 110 Å². The molecule has 2 rings (SSSR count). The van der Waals surface area contributed by atoms with Gasteiger partial charge in [0.25, 0.3) is 0 Å². The molecule has 1 aromatic carbocycles. The molecule has 0 bridgehead atoms. The summed E-state index contributed by atoms with van der Waals surface area (Å²) in [5, 5.41) is 13.4. The van der Waals surface area contributed by atoms with Crippen molar-refractivity contribution in [3.63, 3.8) is 0 Å². The normalized spacial score (nSPS) is 15.8. The van der Waals surface area contributed by atoms with E-state index < -0.39 is 11.7 Å². The number of benzene rings is 1. The maximum atomic E-state index is 11.8. The van der Waals surface area contributed by atoms with Crippen LogP contribution in [0.4, 0.5) is 4.79 Å². The second kappa shape index (κ2) is 16.5. The molecule has 2 N–H and O–H groups in total. The fourth-order valence-electron chi connectivity index (χ4n) is 4.50. The van der Waals surface area contributed by atoms with E-state index in [4.69, 9.17) is 18.9 Å². The maximum absolute atomic E-state index is 11.8. The van der Waals surface area contributed by atoms with Crippen LogP contribution >= 0.6 is 0 Å². The zero-order chi connectivity index (χ0) is 28.8. The van der Waals surface area contributed by atoms with Crippen LogP contribution in [0.15, 0.2) is 12.1 Å². The lowest BCUT2D eigenvalue weighted by Gasteiger charge is -2.23. The summed E-state index contributed by atoms with van der Waals surface area (Å²) in [6.45, 7) is 13.9. The van der Waals surface area contributed by atoms with Crippen LogP contribution in [0, 0.1) is 0 Å². The molecule has 0 unspecified atom stereocenters. The molecule has 222 valence electrons. The first kappa shape index (κ1) is 32.7. The van der Waals surface area contributed by atoms with Gasteiger partial charge in [-0.1, -0.05) is 0 Å². The number of carbonyl (C=O) groups excluding carboxylic acids is 2. The number of methoxy groups -OCH3 is 2. The number of carbonyl (C=O) groups is 2. The highest BCUT2D eigenvalue weighted by molar-refractivity contribution is 5.95. The highest BCUT2D eigenvalue weighted by Gasteiger charge is 2.18. The van der Waals surface area contributed by atoms with Crippen LogP contribution < -0.4 is 19.5 Å². The van der Waals surface area contributed by atoms with Crippen LogP contribution in [-0.4, -0.2) is 105 Å². The number of ether oxygens (including phenoxy) is 4. The van der Waals surface area contributed by atoms with Crippen molar-refractivity contribution in [3.8, 4) is 17.2 Å². The molecular weight excluding hydrogens is 502 g/mol. The van der Waals surface area contributed by atoms with Crippen molar-refractivity contribution in [1.82, 2.24) is 15.1 Å². The minimum atomic E-state index is -0.480. The van der Waals surface area contributed by atoms with Gasteiger partial charge in [0.15, 0.2) is 17.3 Å². The third-order valence-corrected chi connectivity index (χ3v) is 6.57. The number of hydrogen-bond acceptors (Lipinski definition) is 9. The van der Waals surface area contributed by atoms with E-state index in [1.165, 1.54) is 21.1 Å². The van der Waals surface area contributed by atoms with Crippen LogP contribution in [0.5, 0.6) is 17.2 Å². The van der Waals surface area contributed by atoms with E-state index in [1.54, 1.807) is 12.1 Å². The molecule has 1 heterocycles. The lowest BCUT2D eigenvalue weighted by atomic mass is 10.1. The van der Waals surface area contributed by atoms with E-state index in [-0.39, 0.29) is 11.9 Å². The molecule has 1 atom stereocenters. The van der Waals surface area contributed by atoms with Crippen molar-refractivity contribution >= 4 is 11.9 Å². The fraction of sp³-hybridized carbons (Fsp3) is 0.724. The van der Waals surface area contributed by atoms with Crippen molar-refractivity contribution in [1.29, 1.82) is 0 Å². The Kier molecular flexibility index (Phi) is 13.8. The number of Topliss-reactive ketones (excluding diaryl/α,β-unsaturated/α-hetero) is 1. The van der Waals surface area contributed by atoms with Gasteiger partial charge >= 0.3 is 6.09 Å². The van der Waals surface area contributed by atoms with Gasteiger partial charge < -0.3 is 39.2 Å². The van der Waals surface area contributed by atoms with Crippen LogP contribution in [0.1, 0.15) is 70.2 Å². The molecule has 0 aliphatic carbocycles. The minimum absolute atomic E-state index is 0.0805. The van der Waals surface area contributed by atoms with Crippen molar-refractivity contribution in [2.45, 2.75) is 71.5 Å². The number of hydrogen-bond donors (Lipinski definition) is 2. The van der Waals surface area contributed by atoms with Gasteiger partial charge in [-0.05, 0) is 91.6 Å². The van der Waals surface area contributed by atoms with E-state index in [0.717, 1.165) is 58.5 Å². The van der Waals surface area contributed by atoms with Gasteiger partial charge in [-0.3, -0.25) is 4.79 Å². The van der Waals surface area contributed by atoms with E-state index >= 15 is 0 Å². The van der Waals surface area contributed by atoms with Crippen LogP contribution in [0.3, 0.4) is 0 Å². The van der Waals surface area contributed by atoms with Gasteiger partial charge in [0.05, 0.1) is 26.9 Å². The molecule has 39 heavy (non-hydrogen) atoms. The Morgan fingerprint density at radius 2 is 1.64 bits per heavy atom. The lowest BCUT2D eigenvalue weighted by molar-refractivity contribution is 0.0525. The van der Waals surface area contributed by atoms with Crippen molar-refractivity contribution in [3.05, 3.63) is 17.7 Å². The summed E-state index contributed by atoms with van der Waals surface area (Å²) in [5.74, 6) is 1.29. The summed E-state index contributed by atoms with van der Waals surface area (Å²) < 4.78 is 21.9. The number of amides is 1. The third kappa shape index (κ3) is 12.4. The Hall–Kier alpha value is -2.56. The fourth-order valence-corrected chi connectivity index (χ4v) is 4.50. The molecule has 10 nitrogen and oxygen atoms in total. The molecule has 1 amide bonds. The summed E-state index contributed by atoms with van der Waals surface area (Å²) in [6.07, 6.45) is 3.25. The predicted octanol–water partition coefficient (Wildman–Crippen LogP) is 3.74. The van der Waals surface area contributed by atoms with Gasteiger partial charge in [0.2, 0.25) is 5.75 Å². The summed E-state index contributed by atoms with van der Waals surface area (Å²) in [4.78, 5) is 28.5. The monoisotopic (exact) mass is 551 g/mol. The zero-order valence-corrected chi connectivity index (χ0v) is 24.7. The average molecular weight is 552 g/mol. The molecule has 1 aliphatic rings. The maximum Gasteiger partial charge on any atom is 0.407 e. The standard InChI is InChI=1S/C29H49N3O7/c1-22(33)23-20-25(36-5)27(37-6)26(21-23)38-19-7-10-24(34)11-16-32-15-9-14-31(17-18-32)13-8-12-30-28(35)39-29(2,3)4/h20-21,24,34H,7-19H2,1-6H3,(H,30,35)/t24-/m1/s1. The highest BCUT2D eigenvalue weighted by atomic mass is 16.6. The molecule has 1 aliphatic heterocycles. The van der Waals surface area contributed by atoms with Crippen LogP contribution in [0.2, 0.25) is 0 Å². The summed E-state index contributed by atoms with van der Waals surface area (Å²) in [5.41, 5.74) is 0.0164. The molecule has 10 heteroatoms. The second-order valence-electron chi connectivity index (χ2n) is 11.0. The molecule has 0 radical (unpaired) electrons. The Balaban J connectivity index is 1.64. The molecule has 0 aromatic heterocycles. The van der Waals surface area contributed by atoms with Crippen molar-refractivity contribution in [2.75, 3.05) is 66.6 Å². The Labute approximate surface area is 233 Å². The first-order chi connectivity index (χ1) is 18.5. The van der Waals surface area contributed by atoms with Gasteiger partial charge in [-0.25, -0.2) is 4.79 Å². The third-order valence-electron chi connectivity index (χ3n) is 6.57. The lowest BCUT2D eigenvalue weighted by Crippen LogP contribution is -2.36.